The van der Waals surface area contributed by atoms with E-state index in [9.17, 15) is 13.2 Å². The van der Waals surface area contributed by atoms with Crippen LogP contribution in [0, 0.1) is 11.8 Å². The Labute approximate surface area is 128 Å². The summed E-state index contributed by atoms with van der Waals surface area (Å²) < 4.78 is 22.9. The quantitative estimate of drug-likeness (QED) is 0.888. The summed E-state index contributed by atoms with van der Waals surface area (Å²) in [5, 5.41) is 8.12. The lowest BCUT2D eigenvalue weighted by Crippen LogP contribution is -2.38. The Bertz CT molecular complexity index is 689. The van der Waals surface area contributed by atoms with Crippen molar-refractivity contribution in [3.8, 4) is 0 Å². The lowest BCUT2D eigenvalue weighted by atomic mass is 9.95. The van der Waals surface area contributed by atoms with E-state index < -0.39 is 10.0 Å². The SMILES string of the molecule is NS(=O)(=O)c1cc(C(=O)NC2CC3CCC2C3)ccc1Cl. The topological polar surface area (TPSA) is 89.3 Å². The molecule has 1 aromatic rings. The van der Waals surface area contributed by atoms with E-state index in [1.54, 1.807) is 0 Å². The number of benzene rings is 1. The molecule has 0 aromatic heterocycles. The summed E-state index contributed by atoms with van der Waals surface area (Å²) in [5.74, 6) is 1.02. The van der Waals surface area contributed by atoms with Gasteiger partial charge in [0.05, 0.1) is 5.02 Å². The molecular formula is C14H17ClN2O3S. The first-order chi connectivity index (χ1) is 9.84. The molecule has 1 amide bonds. The Morgan fingerprint density at radius 3 is 2.62 bits per heavy atom. The first-order valence-electron chi connectivity index (χ1n) is 6.98. The molecule has 0 heterocycles. The van der Waals surface area contributed by atoms with Crippen molar-refractivity contribution in [3.05, 3.63) is 28.8 Å². The maximum atomic E-state index is 12.3. The van der Waals surface area contributed by atoms with Crippen LogP contribution in [0.3, 0.4) is 0 Å². The summed E-state index contributed by atoms with van der Waals surface area (Å²) in [6.45, 7) is 0. The summed E-state index contributed by atoms with van der Waals surface area (Å²) in [6, 6.07) is 4.33. The maximum Gasteiger partial charge on any atom is 0.251 e. The van der Waals surface area contributed by atoms with Gasteiger partial charge in [0.15, 0.2) is 0 Å². The number of nitrogens with one attached hydrogen (secondary N) is 1. The lowest BCUT2D eigenvalue weighted by molar-refractivity contribution is 0.0922. The van der Waals surface area contributed by atoms with Gasteiger partial charge >= 0.3 is 0 Å². The number of carbonyl (C=O) groups is 1. The molecule has 114 valence electrons. The van der Waals surface area contributed by atoms with Crippen molar-refractivity contribution in [1.82, 2.24) is 5.32 Å². The van der Waals surface area contributed by atoms with Gasteiger partial charge in [-0.25, -0.2) is 13.6 Å². The monoisotopic (exact) mass is 328 g/mol. The molecule has 21 heavy (non-hydrogen) atoms. The van der Waals surface area contributed by atoms with Gasteiger partial charge in [0.25, 0.3) is 5.91 Å². The average molecular weight is 329 g/mol. The zero-order chi connectivity index (χ0) is 15.2. The summed E-state index contributed by atoms with van der Waals surface area (Å²) in [5.41, 5.74) is 0.270. The van der Waals surface area contributed by atoms with E-state index in [2.05, 4.69) is 5.32 Å². The molecule has 0 saturated heterocycles. The van der Waals surface area contributed by atoms with Gasteiger partial charge in [-0.3, -0.25) is 4.79 Å². The highest BCUT2D eigenvalue weighted by atomic mass is 35.5. The molecule has 0 radical (unpaired) electrons. The van der Waals surface area contributed by atoms with Crippen molar-refractivity contribution in [2.45, 2.75) is 36.6 Å². The van der Waals surface area contributed by atoms with Gasteiger partial charge in [0.1, 0.15) is 4.90 Å². The smallest absolute Gasteiger partial charge is 0.251 e. The van der Waals surface area contributed by atoms with E-state index in [0.29, 0.717) is 5.92 Å². The molecule has 3 atom stereocenters. The number of rotatable bonds is 3. The molecule has 0 spiro atoms. The molecule has 2 bridgehead atoms. The fourth-order valence-corrected chi connectivity index (χ4v) is 4.61. The minimum Gasteiger partial charge on any atom is -0.349 e. The van der Waals surface area contributed by atoms with E-state index in [1.807, 2.05) is 0 Å². The lowest BCUT2D eigenvalue weighted by Gasteiger charge is -2.23. The number of hydrogen-bond acceptors (Lipinski definition) is 3. The molecule has 3 rings (SSSR count). The van der Waals surface area contributed by atoms with E-state index in [-0.39, 0.29) is 27.4 Å². The first kappa shape index (κ1) is 14.8. The fourth-order valence-electron chi connectivity index (χ4n) is 3.54. The third-order valence-corrected chi connectivity index (χ3v) is 5.95. The van der Waals surface area contributed by atoms with Crippen molar-refractivity contribution in [1.29, 1.82) is 0 Å². The van der Waals surface area contributed by atoms with Crippen LogP contribution < -0.4 is 10.5 Å². The third-order valence-electron chi connectivity index (χ3n) is 4.55. The standard InChI is InChI=1S/C14H17ClN2O3S/c15-11-4-3-10(7-13(11)21(16,19)20)14(18)17-12-6-8-1-2-9(12)5-8/h3-4,7-9,12H,1-2,5-6H2,(H,17,18)(H2,16,19,20). The number of sulfonamides is 1. The molecule has 3 unspecified atom stereocenters. The third kappa shape index (κ3) is 2.93. The number of halogens is 1. The highest BCUT2D eigenvalue weighted by Gasteiger charge is 2.40. The second-order valence-corrected chi connectivity index (χ2v) is 7.88. The van der Waals surface area contributed by atoms with E-state index in [1.165, 1.54) is 37.5 Å². The Morgan fingerprint density at radius 1 is 1.29 bits per heavy atom. The van der Waals surface area contributed by atoms with Gasteiger partial charge in [-0.05, 0) is 49.3 Å². The minimum absolute atomic E-state index is 0.0222. The molecule has 5 nitrogen and oxygen atoms in total. The number of hydrogen-bond donors (Lipinski definition) is 2. The predicted molar refractivity (Wildman–Crippen MR) is 79.5 cm³/mol. The van der Waals surface area contributed by atoms with Crippen LogP contribution in [-0.2, 0) is 10.0 Å². The van der Waals surface area contributed by atoms with Crippen molar-refractivity contribution in [2.75, 3.05) is 0 Å². The van der Waals surface area contributed by atoms with Crippen molar-refractivity contribution in [2.24, 2.45) is 17.0 Å². The number of fused-ring (bicyclic) bond motifs is 2. The highest BCUT2D eigenvalue weighted by molar-refractivity contribution is 7.89. The molecule has 3 N–H and O–H groups in total. The van der Waals surface area contributed by atoms with E-state index >= 15 is 0 Å². The Balaban J connectivity index is 1.79. The van der Waals surface area contributed by atoms with Crippen LogP contribution in [0.4, 0.5) is 0 Å². The van der Waals surface area contributed by atoms with E-state index in [0.717, 1.165) is 12.3 Å². The van der Waals surface area contributed by atoms with Gasteiger partial charge in [-0.15, -0.1) is 0 Å². The van der Waals surface area contributed by atoms with Crippen molar-refractivity contribution < 1.29 is 13.2 Å². The van der Waals surface area contributed by atoms with E-state index in [4.69, 9.17) is 16.7 Å². The van der Waals surface area contributed by atoms with Gasteiger partial charge in [0.2, 0.25) is 10.0 Å². The molecule has 2 fully saturated rings. The molecule has 2 aliphatic rings. The maximum absolute atomic E-state index is 12.3. The van der Waals surface area contributed by atoms with Crippen LogP contribution in [0.25, 0.3) is 0 Å². The summed E-state index contributed by atoms with van der Waals surface area (Å²) in [7, 11) is -3.94. The second kappa shape index (κ2) is 5.26. The Morgan fingerprint density at radius 2 is 2.05 bits per heavy atom. The predicted octanol–water partition coefficient (Wildman–Crippen LogP) is 1.91. The molecule has 0 aliphatic heterocycles. The Hall–Kier alpha value is -1.11. The number of amides is 1. The zero-order valence-electron chi connectivity index (χ0n) is 11.4. The van der Waals surface area contributed by atoms with Crippen molar-refractivity contribution >= 4 is 27.5 Å². The van der Waals surface area contributed by atoms with Crippen LogP contribution in [-0.4, -0.2) is 20.4 Å². The summed E-state index contributed by atoms with van der Waals surface area (Å²) in [4.78, 5) is 12.1. The molecule has 2 aliphatic carbocycles. The molecule has 2 saturated carbocycles. The van der Waals surface area contributed by atoms with Crippen LogP contribution in [0.5, 0.6) is 0 Å². The number of nitrogens with two attached hydrogens (primary N) is 1. The zero-order valence-corrected chi connectivity index (χ0v) is 13.0. The fraction of sp³-hybridized carbons (Fsp3) is 0.500. The Kier molecular flexibility index (Phi) is 3.71. The van der Waals surface area contributed by atoms with Crippen LogP contribution in [0.15, 0.2) is 23.1 Å². The molecule has 1 aromatic carbocycles. The number of carbonyl (C=O) groups excluding carboxylic acids is 1. The average Bonchev–Trinajstić information content (AvgIpc) is 3.00. The normalized spacial score (nSPS) is 27.8. The highest BCUT2D eigenvalue weighted by Crippen LogP contribution is 2.44. The summed E-state index contributed by atoms with van der Waals surface area (Å²) in [6.07, 6.45) is 4.63. The summed E-state index contributed by atoms with van der Waals surface area (Å²) >= 11 is 5.82. The van der Waals surface area contributed by atoms with Gasteiger partial charge in [-0.1, -0.05) is 18.0 Å². The van der Waals surface area contributed by atoms with Gasteiger partial charge < -0.3 is 5.32 Å². The second-order valence-electron chi connectivity index (χ2n) is 5.95. The van der Waals surface area contributed by atoms with Crippen LogP contribution in [0.1, 0.15) is 36.0 Å². The minimum atomic E-state index is -3.94. The van der Waals surface area contributed by atoms with Gasteiger partial charge in [0, 0.05) is 11.6 Å². The molecule has 7 heteroatoms. The van der Waals surface area contributed by atoms with Crippen molar-refractivity contribution in [3.63, 3.8) is 0 Å². The molecular weight excluding hydrogens is 312 g/mol. The van der Waals surface area contributed by atoms with Crippen LogP contribution in [0.2, 0.25) is 5.02 Å². The van der Waals surface area contributed by atoms with Gasteiger partial charge in [-0.2, -0.15) is 0 Å². The largest absolute Gasteiger partial charge is 0.349 e. The van der Waals surface area contributed by atoms with Crippen LogP contribution >= 0.6 is 11.6 Å². The first-order valence-corrected chi connectivity index (χ1v) is 8.90. The number of primary sulfonamides is 1.